The summed E-state index contributed by atoms with van der Waals surface area (Å²) in [4.78, 5) is 23.1. The number of nitrogens with one attached hydrogen (secondary N) is 1. The number of carbonyl (C=O) groups excluding carboxylic acids is 2. The van der Waals surface area contributed by atoms with Gasteiger partial charge >= 0.3 is 0 Å². The van der Waals surface area contributed by atoms with E-state index in [9.17, 15) is 9.59 Å². The molecule has 8 heteroatoms. The van der Waals surface area contributed by atoms with E-state index in [0.717, 1.165) is 11.3 Å². The Labute approximate surface area is 142 Å². The number of hydrogen-bond acceptors (Lipinski definition) is 5. The first-order chi connectivity index (χ1) is 11.5. The average Bonchev–Trinajstić information content (AvgIpc) is 3.26. The van der Waals surface area contributed by atoms with Crippen LogP contribution in [0, 0.1) is 0 Å². The zero-order chi connectivity index (χ0) is 17.1. The lowest BCUT2D eigenvalue weighted by atomic mass is 10.1. The molecular formula is C16H15N5O2S. The SMILES string of the molecule is CC(NC(=O)c1ccsc1)c1ccc(-n2cc(C(N)=O)nn2)cc1. The number of rotatable bonds is 5. The molecule has 1 atom stereocenters. The maximum absolute atomic E-state index is 12.1. The Morgan fingerprint density at radius 2 is 2.00 bits per heavy atom. The normalized spacial score (nSPS) is 11.9. The van der Waals surface area contributed by atoms with Gasteiger partial charge in [0, 0.05) is 5.38 Å². The van der Waals surface area contributed by atoms with Crippen molar-refractivity contribution in [2.24, 2.45) is 5.73 Å². The summed E-state index contributed by atoms with van der Waals surface area (Å²) in [5.74, 6) is -0.724. The Morgan fingerprint density at radius 1 is 1.25 bits per heavy atom. The van der Waals surface area contributed by atoms with E-state index in [2.05, 4.69) is 15.6 Å². The van der Waals surface area contributed by atoms with E-state index in [4.69, 9.17) is 5.73 Å². The molecule has 2 aromatic heterocycles. The van der Waals surface area contributed by atoms with Crippen LogP contribution in [-0.2, 0) is 0 Å². The summed E-state index contributed by atoms with van der Waals surface area (Å²) in [5, 5.41) is 14.2. The highest BCUT2D eigenvalue weighted by Crippen LogP contribution is 2.16. The zero-order valence-corrected chi connectivity index (χ0v) is 13.7. The molecule has 122 valence electrons. The number of primary amides is 1. The van der Waals surface area contributed by atoms with Crippen molar-refractivity contribution in [3.8, 4) is 5.69 Å². The number of aromatic nitrogens is 3. The lowest BCUT2D eigenvalue weighted by Crippen LogP contribution is -2.26. The topological polar surface area (TPSA) is 103 Å². The summed E-state index contributed by atoms with van der Waals surface area (Å²) in [6.07, 6.45) is 1.47. The van der Waals surface area contributed by atoms with Gasteiger partial charge in [0.1, 0.15) is 0 Å². The molecular weight excluding hydrogens is 326 g/mol. The minimum Gasteiger partial charge on any atom is -0.364 e. The van der Waals surface area contributed by atoms with Crippen molar-refractivity contribution in [3.05, 3.63) is 64.1 Å². The summed E-state index contributed by atoms with van der Waals surface area (Å²) in [6, 6.07) is 9.10. The van der Waals surface area contributed by atoms with Crippen LogP contribution in [0.5, 0.6) is 0 Å². The van der Waals surface area contributed by atoms with Crippen molar-refractivity contribution in [2.75, 3.05) is 0 Å². The van der Waals surface area contributed by atoms with Gasteiger partial charge in [0.15, 0.2) is 5.69 Å². The van der Waals surface area contributed by atoms with Crippen LogP contribution in [0.3, 0.4) is 0 Å². The summed E-state index contributed by atoms with van der Waals surface area (Å²) in [6.45, 7) is 1.92. The summed E-state index contributed by atoms with van der Waals surface area (Å²) >= 11 is 1.49. The van der Waals surface area contributed by atoms with Crippen LogP contribution in [0.2, 0.25) is 0 Å². The highest BCUT2D eigenvalue weighted by Gasteiger charge is 2.12. The molecule has 24 heavy (non-hydrogen) atoms. The number of nitrogens with two attached hydrogens (primary N) is 1. The third kappa shape index (κ3) is 3.33. The fourth-order valence-corrected chi connectivity index (χ4v) is 2.81. The molecule has 1 unspecified atom stereocenters. The lowest BCUT2D eigenvalue weighted by molar-refractivity contribution is 0.0939. The minimum atomic E-state index is -0.623. The molecule has 0 radical (unpaired) electrons. The van der Waals surface area contributed by atoms with E-state index >= 15 is 0 Å². The molecule has 3 aromatic rings. The van der Waals surface area contributed by atoms with Crippen molar-refractivity contribution in [2.45, 2.75) is 13.0 Å². The van der Waals surface area contributed by atoms with Gasteiger partial charge in [0.2, 0.25) is 0 Å². The van der Waals surface area contributed by atoms with Gasteiger partial charge in [-0.25, -0.2) is 4.68 Å². The lowest BCUT2D eigenvalue weighted by Gasteiger charge is -2.14. The molecule has 0 spiro atoms. The van der Waals surface area contributed by atoms with Gasteiger partial charge in [0.25, 0.3) is 11.8 Å². The number of carbonyl (C=O) groups is 2. The zero-order valence-electron chi connectivity index (χ0n) is 12.8. The largest absolute Gasteiger partial charge is 0.364 e. The second-order valence-corrected chi connectivity index (χ2v) is 5.99. The van der Waals surface area contributed by atoms with E-state index < -0.39 is 5.91 Å². The third-order valence-electron chi connectivity index (χ3n) is 3.53. The van der Waals surface area contributed by atoms with Crippen molar-refractivity contribution in [3.63, 3.8) is 0 Å². The van der Waals surface area contributed by atoms with Crippen LogP contribution in [0.1, 0.15) is 39.4 Å². The predicted octanol–water partition coefficient (Wildman–Crippen LogP) is 1.92. The van der Waals surface area contributed by atoms with Gasteiger partial charge in [-0.15, -0.1) is 5.10 Å². The number of thiophene rings is 1. The van der Waals surface area contributed by atoms with Gasteiger partial charge in [-0.05, 0) is 36.1 Å². The van der Waals surface area contributed by atoms with Crippen LogP contribution in [-0.4, -0.2) is 26.8 Å². The molecule has 0 saturated heterocycles. The molecule has 3 rings (SSSR count). The highest BCUT2D eigenvalue weighted by atomic mass is 32.1. The number of amides is 2. The van der Waals surface area contributed by atoms with E-state index in [1.54, 1.807) is 6.07 Å². The van der Waals surface area contributed by atoms with Crippen molar-refractivity contribution >= 4 is 23.2 Å². The van der Waals surface area contributed by atoms with Gasteiger partial charge in [0.05, 0.1) is 23.5 Å². The van der Waals surface area contributed by atoms with Gasteiger partial charge < -0.3 is 11.1 Å². The molecule has 0 aliphatic heterocycles. The summed E-state index contributed by atoms with van der Waals surface area (Å²) in [7, 11) is 0. The number of nitrogens with zero attached hydrogens (tertiary/aromatic N) is 3. The minimum absolute atomic E-state index is 0.102. The van der Waals surface area contributed by atoms with Crippen LogP contribution < -0.4 is 11.1 Å². The van der Waals surface area contributed by atoms with Crippen molar-refractivity contribution in [1.82, 2.24) is 20.3 Å². The van der Waals surface area contributed by atoms with Crippen LogP contribution >= 0.6 is 11.3 Å². The fraction of sp³-hybridized carbons (Fsp3) is 0.125. The molecule has 3 N–H and O–H groups in total. The van der Waals surface area contributed by atoms with E-state index in [-0.39, 0.29) is 17.6 Å². The van der Waals surface area contributed by atoms with Gasteiger partial charge in [-0.2, -0.15) is 11.3 Å². The van der Waals surface area contributed by atoms with E-state index in [1.807, 2.05) is 41.9 Å². The second kappa shape index (κ2) is 6.63. The Bertz CT molecular complexity index is 855. The first-order valence-electron chi connectivity index (χ1n) is 7.20. The quantitative estimate of drug-likeness (QED) is 0.740. The Hall–Kier alpha value is -3.00. The Kier molecular flexibility index (Phi) is 4.39. The van der Waals surface area contributed by atoms with E-state index in [0.29, 0.717) is 5.56 Å². The van der Waals surface area contributed by atoms with E-state index in [1.165, 1.54) is 22.2 Å². The molecule has 0 aliphatic rings. The highest BCUT2D eigenvalue weighted by molar-refractivity contribution is 7.08. The molecule has 2 amide bonds. The molecule has 1 aromatic carbocycles. The van der Waals surface area contributed by atoms with Gasteiger partial charge in [-0.3, -0.25) is 9.59 Å². The predicted molar refractivity (Wildman–Crippen MR) is 90.1 cm³/mol. The third-order valence-corrected chi connectivity index (χ3v) is 4.22. The second-order valence-electron chi connectivity index (χ2n) is 5.21. The molecule has 0 saturated carbocycles. The summed E-state index contributed by atoms with van der Waals surface area (Å²) in [5.41, 5.74) is 7.63. The smallest absolute Gasteiger partial charge is 0.270 e. The summed E-state index contributed by atoms with van der Waals surface area (Å²) < 4.78 is 1.47. The molecule has 0 aliphatic carbocycles. The number of hydrogen-bond donors (Lipinski definition) is 2. The fourth-order valence-electron chi connectivity index (χ4n) is 2.18. The van der Waals surface area contributed by atoms with Crippen molar-refractivity contribution in [1.29, 1.82) is 0 Å². The standard InChI is InChI=1S/C16H15N5O2S/c1-10(18-16(23)12-6-7-24-9-12)11-2-4-13(5-3-11)21-8-14(15(17)22)19-20-21/h2-10H,1H3,(H2,17,22)(H,18,23). The molecule has 0 fully saturated rings. The first-order valence-corrected chi connectivity index (χ1v) is 8.14. The number of benzene rings is 1. The van der Waals surface area contributed by atoms with Crippen LogP contribution in [0.15, 0.2) is 47.3 Å². The maximum Gasteiger partial charge on any atom is 0.270 e. The molecule has 2 heterocycles. The van der Waals surface area contributed by atoms with Crippen LogP contribution in [0.4, 0.5) is 0 Å². The average molecular weight is 341 g/mol. The van der Waals surface area contributed by atoms with Gasteiger partial charge in [-0.1, -0.05) is 17.3 Å². The monoisotopic (exact) mass is 341 g/mol. The molecule has 7 nitrogen and oxygen atoms in total. The molecule has 0 bridgehead atoms. The maximum atomic E-state index is 12.1. The Balaban J connectivity index is 1.71. The Morgan fingerprint density at radius 3 is 2.58 bits per heavy atom. The first kappa shape index (κ1) is 15.9. The van der Waals surface area contributed by atoms with Crippen molar-refractivity contribution < 1.29 is 9.59 Å². The van der Waals surface area contributed by atoms with Crippen LogP contribution in [0.25, 0.3) is 5.69 Å².